The van der Waals surface area contributed by atoms with E-state index in [9.17, 15) is 23.1 Å². The van der Waals surface area contributed by atoms with Gasteiger partial charge in [0.05, 0.1) is 10.6 Å². The summed E-state index contributed by atoms with van der Waals surface area (Å²) in [4.78, 5) is 24.5. The third kappa shape index (κ3) is 7.52. The number of carbonyl (C=O) groups is 2. The van der Waals surface area contributed by atoms with Crippen molar-refractivity contribution in [3.05, 3.63) is 42.0 Å². The van der Waals surface area contributed by atoms with Gasteiger partial charge in [-0.2, -0.15) is 0 Å². The average molecular weight is 592 g/mol. The molecule has 0 aliphatic carbocycles. The van der Waals surface area contributed by atoms with Crippen molar-refractivity contribution in [2.75, 3.05) is 30.1 Å². The van der Waals surface area contributed by atoms with Crippen molar-refractivity contribution >= 4 is 39.1 Å². The second-order valence-corrected chi connectivity index (χ2v) is 12.0. The Kier molecular flexibility index (Phi) is 10.5. The fourth-order valence-electron chi connectivity index (χ4n) is 4.22. The highest BCUT2D eigenvalue weighted by atomic mass is 35.5. The van der Waals surface area contributed by atoms with Crippen molar-refractivity contribution in [2.45, 2.75) is 44.9 Å². The Hall–Kier alpha value is -3.62. The van der Waals surface area contributed by atoms with E-state index in [-0.39, 0.29) is 79.1 Å². The van der Waals surface area contributed by atoms with Crippen LogP contribution in [0.2, 0.25) is 0 Å². The van der Waals surface area contributed by atoms with E-state index in [0.717, 1.165) is 0 Å². The summed E-state index contributed by atoms with van der Waals surface area (Å²) in [5.74, 6) is 1.49. The zero-order chi connectivity index (χ0) is 29.4. The van der Waals surface area contributed by atoms with Crippen molar-refractivity contribution < 1.29 is 32.6 Å². The number of ether oxygens (including phenoxy) is 2. The number of phenolic OH excluding ortho intramolecular Hbond substituents is 1. The molecule has 0 fully saturated rings. The first kappa shape index (κ1) is 30.9. The van der Waals surface area contributed by atoms with Gasteiger partial charge in [-0.3, -0.25) is 24.3 Å². The molecule has 3 rings (SSSR count). The van der Waals surface area contributed by atoms with Gasteiger partial charge in [0.2, 0.25) is 12.7 Å². The summed E-state index contributed by atoms with van der Waals surface area (Å²) in [6.07, 6.45) is 5.82. The summed E-state index contributed by atoms with van der Waals surface area (Å²) >= 11 is 5.60. The van der Waals surface area contributed by atoms with Gasteiger partial charge in [0.25, 0.3) is 15.9 Å². The van der Waals surface area contributed by atoms with Gasteiger partial charge in [0, 0.05) is 32.0 Å². The first-order valence-electron chi connectivity index (χ1n) is 12.8. The van der Waals surface area contributed by atoms with Gasteiger partial charge in [-0.25, -0.2) is 8.42 Å². The van der Waals surface area contributed by atoms with Gasteiger partial charge in [-0.1, -0.05) is 32.9 Å². The Bertz CT molecular complexity index is 1370. The number of rotatable bonds is 12. The summed E-state index contributed by atoms with van der Waals surface area (Å²) < 4.78 is 39.5. The van der Waals surface area contributed by atoms with Crippen LogP contribution in [0.25, 0.3) is 0 Å². The van der Waals surface area contributed by atoms with Crippen LogP contribution in [-0.4, -0.2) is 56.1 Å². The molecule has 1 aliphatic rings. The van der Waals surface area contributed by atoms with Gasteiger partial charge in [0.1, 0.15) is 11.6 Å². The molecule has 2 aromatic rings. The Balaban J connectivity index is 1.88. The quantitative estimate of drug-likeness (QED) is 0.219. The number of benzene rings is 2. The minimum atomic E-state index is -4.09. The second kappa shape index (κ2) is 13.6. The molecule has 12 heteroatoms. The Morgan fingerprint density at radius 2 is 1.88 bits per heavy atom. The number of terminal acetylenes is 1. The van der Waals surface area contributed by atoms with E-state index in [4.69, 9.17) is 27.5 Å². The van der Waals surface area contributed by atoms with Crippen LogP contribution in [0.1, 0.15) is 39.2 Å². The highest BCUT2D eigenvalue weighted by Crippen LogP contribution is 2.39. The molecule has 2 aromatic carbocycles. The smallest absolute Gasteiger partial charge is 0.264 e. The minimum absolute atomic E-state index is 0.00623. The molecule has 0 bridgehead atoms. The summed E-state index contributed by atoms with van der Waals surface area (Å²) in [5.41, 5.74) is 3.11. The van der Waals surface area contributed by atoms with Crippen molar-refractivity contribution in [1.82, 2.24) is 10.4 Å². The second-order valence-electron chi connectivity index (χ2n) is 9.92. The number of alkyl halides is 1. The fourth-order valence-corrected chi connectivity index (χ4v) is 5.93. The Morgan fingerprint density at radius 1 is 1.15 bits per heavy atom. The van der Waals surface area contributed by atoms with Crippen LogP contribution in [0.4, 0.5) is 5.69 Å². The minimum Gasteiger partial charge on any atom is -0.505 e. The molecular weight excluding hydrogens is 558 g/mol. The Morgan fingerprint density at radius 3 is 2.55 bits per heavy atom. The number of nitrogens with one attached hydrogen (secondary N) is 1. The number of aromatic hydroxyl groups is 1. The summed E-state index contributed by atoms with van der Waals surface area (Å²) in [6.45, 7) is 5.86. The third-order valence-electron chi connectivity index (χ3n) is 6.06. The largest absolute Gasteiger partial charge is 0.505 e. The zero-order valence-corrected chi connectivity index (χ0v) is 24.3. The van der Waals surface area contributed by atoms with E-state index >= 15 is 0 Å². The van der Waals surface area contributed by atoms with Crippen LogP contribution < -0.4 is 19.2 Å². The van der Waals surface area contributed by atoms with E-state index < -0.39 is 15.9 Å². The third-order valence-corrected chi connectivity index (χ3v) is 8.08. The van der Waals surface area contributed by atoms with Crippen LogP contribution in [0.3, 0.4) is 0 Å². The SMILES string of the molecule is C#CCCC(=O)N(C[C@H](C)Cc1cccc(N(CC(C)C)S(=O)(=O)c2ccc3c(c2)OCO3)c1O)NC(=O)CCl. The number of hydrogen-bond acceptors (Lipinski definition) is 7. The predicted molar refractivity (Wildman–Crippen MR) is 152 cm³/mol. The number of carbonyl (C=O) groups excluding carboxylic acids is 2. The highest BCUT2D eigenvalue weighted by molar-refractivity contribution is 7.92. The monoisotopic (exact) mass is 591 g/mol. The van der Waals surface area contributed by atoms with Gasteiger partial charge in [0.15, 0.2) is 11.5 Å². The number of hydrogen-bond donors (Lipinski definition) is 2. The lowest BCUT2D eigenvalue weighted by molar-refractivity contribution is -0.141. The number of hydrazine groups is 1. The van der Waals surface area contributed by atoms with Gasteiger partial charge in [-0.15, -0.1) is 23.9 Å². The maximum atomic E-state index is 13.8. The summed E-state index contributed by atoms with van der Waals surface area (Å²) in [5, 5.41) is 12.5. The predicted octanol–water partition coefficient (Wildman–Crippen LogP) is 3.66. The molecule has 0 saturated heterocycles. The molecule has 40 heavy (non-hydrogen) atoms. The molecule has 0 saturated carbocycles. The van der Waals surface area contributed by atoms with Crippen LogP contribution in [0.5, 0.6) is 17.2 Å². The highest BCUT2D eigenvalue weighted by Gasteiger charge is 2.30. The standard InChI is InChI=1S/C28H34ClN3O7S/c1-5-6-10-27(34)31(30-26(33)15-29)17-20(4)13-21-8-7-9-23(28(21)35)32(16-19(2)3)40(36,37)22-11-12-24-25(14-22)39-18-38-24/h1,7-9,11-12,14,19-20,35H,6,10,13,15-18H2,2-4H3,(H,30,33)/t20-/m1/s1. The number of phenols is 1. The van der Waals surface area contributed by atoms with Crippen molar-refractivity contribution in [1.29, 1.82) is 0 Å². The number of fused-ring (bicyclic) bond motifs is 1. The van der Waals surface area contributed by atoms with Gasteiger partial charge in [-0.05, 0) is 42.0 Å². The van der Waals surface area contributed by atoms with Gasteiger partial charge < -0.3 is 14.6 Å². The van der Waals surface area contributed by atoms with Gasteiger partial charge >= 0.3 is 0 Å². The normalized spacial score (nSPS) is 13.0. The maximum Gasteiger partial charge on any atom is 0.264 e. The lowest BCUT2D eigenvalue weighted by Gasteiger charge is -2.29. The molecule has 0 spiro atoms. The first-order chi connectivity index (χ1) is 19.0. The van der Waals surface area contributed by atoms with Crippen molar-refractivity contribution in [2.24, 2.45) is 11.8 Å². The zero-order valence-electron chi connectivity index (χ0n) is 22.7. The molecule has 0 aromatic heterocycles. The number of nitrogens with zero attached hydrogens (tertiary/aromatic N) is 2. The van der Waals surface area contributed by atoms with Crippen LogP contribution in [-0.2, 0) is 26.0 Å². The Labute approximate surface area is 240 Å². The molecular formula is C28H34ClN3O7S. The van der Waals surface area contributed by atoms with E-state index in [1.165, 1.54) is 21.4 Å². The van der Waals surface area contributed by atoms with Crippen molar-refractivity contribution in [3.8, 4) is 29.6 Å². The summed E-state index contributed by atoms with van der Waals surface area (Å²) in [7, 11) is -4.09. The molecule has 0 unspecified atom stereocenters. The maximum absolute atomic E-state index is 13.8. The number of sulfonamides is 1. The molecule has 2 amide bonds. The molecule has 1 atom stereocenters. The van der Waals surface area contributed by atoms with Crippen LogP contribution in [0, 0.1) is 24.2 Å². The van der Waals surface area contributed by atoms with E-state index in [1.54, 1.807) is 24.3 Å². The number of halogens is 1. The first-order valence-corrected chi connectivity index (χ1v) is 14.8. The van der Waals surface area contributed by atoms with Crippen LogP contribution in [0.15, 0.2) is 41.3 Å². The van der Waals surface area contributed by atoms with E-state index in [0.29, 0.717) is 17.1 Å². The van der Waals surface area contributed by atoms with Crippen LogP contribution >= 0.6 is 11.6 Å². The molecule has 2 N–H and O–H groups in total. The van der Waals surface area contributed by atoms with E-state index in [1.807, 2.05) is 20.8 Å². The number of anilines is 1. The summed E-state index contributed by atoms with van der Waals surface area (Å²) in [6, 6.07) is 9.31. The lowest BCUT2D eigenvalue weighted by Crippen LogP contribution is -2.48. The molecule has 216 valence electrons. The van der Waals surface area contributed by atoms with E-state index in [2.05, 4.69) is 11.3 Å². The van der Waals surface area contributed by atoms with Crippen molar-refractivity contribution in [3.63, 3.8) is 0 Å². The molecule has 1 heterocycles. The number of amides is 2. The average Bonchev–Trinajstić information content (AvgIpc) is 3.39. The topological polar surface area (TPSA) is 125 Å². The molecule has 0 radical (unpaired) electrons. The lowest BCUT2D eigenvalue weighted by atomic mass is 9.99. The fraction of sp³-hybridized carbons (Fsp3) is 0.429. The molecule has 1 aliphatic heterocycles. The number of para-hydroxylation sites is 1. The molecule has 10 nitrogen and oxygen atoms in total.